The highest BCUT2D eigenvalue weighted by Crippen LogP contribution is 2.34. The maximum Gasteiger partial charge on any atom is 0.227 e. The normalized spacial score (nSPS) is 18.5. The molecule has 0 unspecified atom stereocenters. The number of nitrogens with two attached hydrogens (primary N) is 1. The molecule has 1 fully saturated rings. The van der Waals surface area contributed by atoms with E-state index in [-0.39, 0.29) is 24.6 Å². The molecule has 2 N–H and O–H groups in total. The molecule has 142 valence electrons. The van der Waals surface area contributed by atoms with Crippen LogP contribution in [-0.2, 0) is 34.6 Å². The van der Waals surface area contributed by atoms with E-state index in [0.29, 0.717) is 16.6 Å². The van der Waals surface area contributed by atoms with Crippen molar-refractivity contribution in [2.75, 3.05) is 5.75 Å². The first-order chi connectivity index (χ1) is 12.0. The van der Waals surface area contributed by atoms with Gasteiger partial charge in [-0.3, -0.25) is 0 Å². The lowest BCUT2D eigenvalue weighted by Gasteiger charge is -2.17. The maximum absolute atomic E-state index is 12.6. The van der Waals surface area contributed by atoms with Crippen molar-refractivity contribution < 1.29 is 12.9 Å². The van der Waals surface area contributed by atoms with Crippen molar-refractivity contribution in [3.8, 4) is 0 Å². The summed E-state index contributed by atoms with van der Waals surface area (Å²) in [5.41, 5.74) is 8.23. The quantitative estimate of drug-likeness (QED) is 0.832. The van der Waals surface area contributed by atoms with Gasteiger partial charge in [0.15, 0.2) is 15.7 Å². The Morgan fingerprint density at radius 1 is 1.12 bits per heavy atom. The molecule has 8 heteroatoms. The SMILES string of the molecule is Cl.NC1(c2noc(CCS(=O)(=O)c3ccc4c(c3)CCC4)n2)CCCC1. The zero-order chi connectivity index (χ0) is 17.5. The van der Waals surface area contributed by atoms with Gasteiger partial charge in [0.2, 0.25) is 5.89 Å². The van der Waals surface area contributed by atoms with Gasteiger partial charge < -0.3 is 10.3 Å². The standard InChI is InChI=1S/C18H23N3O3S.ClH/c19-18(9-1-2-10-18)17-20-16(24-21-17)8-11-25(22,23)15-7-6-13-4-3-5-14(13)12-15;/h6-7,12H,1-5,8-11,19H2;1H. The van der Waals surface area contributed by atoms with E-state index in [1.807, 2.05) is 12.1 Å². The number of sulfone groups is 1. The van der Waals surface area contributed by atoms with Gasteiger partial charge in [0, 0.05) is 6.42 Å². The molecule has 1 heterocycles. The Morgan fingerprint density at radius 2 is 1.85 bits per heavy atom. The van der Waals surface area contributed by atoms with Crippen molar-refractivity contribution in [2.24, 2.45) is 5.73 Å². The molecule has 0 aliphatic heterocycles. The molecule has 2 aromatic rings. The Kier molecular flexibility index (Phi) is 5.42. The predicted molar refractivity (Wildman–Crippen MR) is 100 cm³/mol. The molecule has 0 radical (unpaired) electrons. The minimum Gasteiger partial charge on any atom is -0.339 e. The number of nitrogens with zero attached hydrogens (tertiary/aromatic N) is 2. The number of hydrogen-bond donors (Lipinski definition) is 1. The van der Waals surface area contributed by atoms with Gasteiger partial charge in [-0.05, 0) is 55.4 Å². The molecule has 1 saturated carbocycles. The fourth-order valence-corrected chi connectivity index (χ4v) is 5.15. The molecule has 1 aromatic heterocycles. The van der Waals surface area contributed by atoms with Crippen molar-refractivity contribution in [2.45, 2.75) is 61.8 Å². The average Bonchev–Trinajstić information content (AvgIpc) is 3.33. The summed E-state index contributed by atoms with van der Waals surface area (Å²) < 4.78 is 30.5. The van der Waals surface area contributed by atoms with Gasteiger partial charge in [-0.1, -0.05) is 24.1 Å². The number of aromatic nitrogens is 2. The lowest BCUT2D eigenvalue weighted by atomic mass is 9.99. The van der Waals surface area contributed by atoms with Crippen molar-refractivity contribution in [3.63, 3.8) is 0 Å². The molecular weight excluding hydrogens is 374 g/mol. The summed E-state index contributed by atoms with van der Waals surface area (Å²) >= 11 is 0. The number of aryl methyl sites for hydroxylation is 3. The molecule has 0 bridgehead atoms. The monoisotopic (exact) mass is 397 g/mol. The second-order valence-electron chi connectivity index (χ2n) is 7.23. The first-order valence-corrected chi connectivity index (χ1v) is 10.6. The first kappa shape index (κ1) is 19.3. The summed E-state index contributed by atoms with van der Waals surface area (Å²) in [7, 11) is -3.36. The van der Waals surface area contributed by atoms with Gasteiger partial charge in [-0.15, -0.1) is 12.4 Å². The molecule has 6 nitrogen and oxygen atoms in total. The van der Waals surface area contributed by atoms with Crippen LogP contribution in [0.25, 0.3) is 0 Å². The Hall–Kier alpha value is -1.44. The van der Waals surface area contributed by atoms with Gasteiger partial charge in [-0.2, -0.15) is 4.98 Å². The second-order valence-corrected chi connectivity index (χ2v) is 9.34. The minimum atomic E-state index is -3.36. The molecule has 1 aromatic carbocycles. The van der Waals surface area contributed by atoms with E-state index in [1.54, 1.807) is 6.07 Å². The fraction of sp³-hybridized carbons (Fsp3) is 0.556. The number of rotatable bonds is 5. The van der Waals surface area contributed by atoms with Gasteiger partial charge in [0.1, 0.15) is 0 Å². The zero-order valence-corrected chi connectivity index (χ0v) is 16.2. The minimum absolute atomic E-state index is 0. The highest BCUT2D eigenvalue weighted by atomic mass is 35.5. The number of fused-ring (bicyclic) bond motifs is 1. The van der Waals surface area contributed by atoms with E-state index in [0.717, 1.165) is 50.5 Å². The van der Waals surface area contributed by atoms with E-state index < -0.39 is 15.4 Å². The molecule has 0 atom stereocenters. The molecule has 0 amide bonds. The van der Waals surface area contributed by atoms with Crippen molar-refractivity contribution in [1.82, 2.24) is 10.1 Å². The number of halogens is 1. The van der Waals surface area contributed by atoms with Crippen molar-refractivity contribution in [3.05, 3.63) is 41.0 Å². The van der Waals surface area contributed by atoms with Crippen LogP contribution in [0.3, 0.4) is 0 Å². The van der Waals surface area contributed by atoms with E-state index in [2.05, 4.69) is 10.1 Å². The highest BCUT2D eigenvalue weighted by Gasteiger charge is 2.36. The van der Waals surface area contributed by atoms with Crippen LogP contribution < -0.4 is 5.73 Å². The summed E-state index contributed by atoms with van der Waals surface area (Å²) in [5, 5.41) is 3.98. The largest absolute Gasteiger partial charge is 0.339 e. The van der Waals surface area contributed by atoms with Crippen molar-refractivity contribution in [1.29, 1.82) is 0 Å². The van der Waals surface area contributed by atoms with Crippen LogP contribution in [0.1, 0.15) is 54.9 Å². The van der Waals surface area contributed by atoms with Crippen LogP contribution in [-0.4, -0.2) is 24.3 Å². The first-order valence-electron chi connectivity index (χ1n) is 8.93. The topological polar surface area (TPSA) is 99.1 Å². The number of benzene rings is 1. The average molecular weight is 398 g/mol. The third kappa shape index (κ3) is 3.66. The van der Waals surface area contributed by atoms with Crippen LogP contribution in [0.2, 0.25) is 0 Å². The Labute approximate surface area is 159 Å². The lowest BCUT2D eigenvalue weighted by Crippen LogP contribution is -2.34. The molecule has 0 spiro atoms. The molecule has 2 aliphatic carbocycles. The molecular formula is C18H24ClN3O3S. The van der Waals surface area contributed by atoms with Crippen LogP contribution in [0.15, 0.2) is 27.6 Å². The predicted octanol–water partition coefficient (Wildman–Crippen LogP) is 2.72. The smallest absolute Gasteiger partial charge is 0.227 e. The molecule has 0 saturated heterocycles. The fourth-order valence-electron chi connectivity index (χ4n) is 3.87. The van der Waals surface area contributed by atoms with Gasteiger partial charge in [0.05, 0.1) is 16.2 Å². The van der Waals surface area contributed by atoms with Crippen LogP contribution in [0, 0.1) is 0 Å². The summed E-state index contributed by atoms with van der Waals surface area (Å²) in [5.74, 6) is 0.816. The summed E-state index contributed by atoms with van der Waals surface area (Å²) in [4.78, 5) is 4.74. The molecule has 26 heavy (non-hydrogen) atoms. The maximum atomic E-state index is 12.6. The van der Waals surface area contributed by atoms with E-state index >= 15 is 0 Å². The van der Waals surface area contributed by atoms with E-state index in [9.17, 15) is 8.42 Å². The Balaban J connectivity index is 0.00000196. The third-order valence-corrected chi connectivity index (χ3v) is 7.14. The lowest BCUT2D eigenvalue weighted by molar-refractivity contribution is 0.350. The summed E-state index contributed by atoms with van der Waals surface area (Å²) in [6.45, 7) is 0. The van der Waals surface area contributed by atoms with E-state index in [4.69, 9.17) is 10.3 Å². The highest BCUT2D eigenvalue weighted by molar-refractivity contribution is 7.91. The number of hydrogen-bond acceptors (Lipinski definition) is 6. The molecule has 4 rings (SSSR count). The van der Waals surface area contributed by atoms with Crippen LogP contribution >= 0.6 is 12.4 Å². The third-order valence-electron chi connectivity index (χ3n) is 5.42. The van der Waals surface area contributed by atoms with Crippen LogP contribution in [0.4, 0.5) is 0 Å². The summed E-state index contributed by atoms with van der Waals surface area (Å²) in [6, 6.07) is 5.48. The van der Waals surface area contributed by atoms with Gasteiger partial charge in [-0.25, -0.2) is 8.42 Å². The van der Waals surface area contributed by atoms with Crippen LogP contribution in [0.5, 0.6) is 0 Å². The van der Waals surface area contributed by atoms with Crippen molar-refractivity contribution >= 4 is 22.2 Å². The van der Waals surface area contributed by atoms with Gasteiger partial charge >= 0.3 is 0 Å². The molecule has 2 aliphatic rings. The zero-order valence-electron chi connectivity index (χ0n) is 14.6. The second kappa shape index (κ2) is 7.29. The Bertz CT molecular complexity index is 889. The van der Waals surface area contributed by atoms with Gasteiger partial charge in [0.25, 0.3) is 0 Å². The summed E-state index contributed by atoms with van der Waals surface area (Å²) in [6.07, 6.45) is 7.14. The van der Waals surface area contributed by atoms with E-state index in [1.165, 1.54) is 5.56 Å². The Morgan fingerprint density at radius 3 is 2.62 bits per heavy atom.